The Morgan fingerprint density at radius 2 is 1.95 bits per heavy atom. The van der Waals surface area contributed by atoms with E-state index in [0.717, 1.165) is 13.0 Å². The second kappa shape index (κ2) is 5.31. The van der Waals surface area contributed by atoms with Crippen LogP contribution in [0.3, 0.4) is 0 Å². The van der Waals surface area contributed by atoms with Crippen LogP contribution in [0.2, 0.25) is 0 Å². The number of nitrogens with one attached hydrogen (secondary N) is 1. The number of aliphatic carboxylic acids is 1. The molecular weight excluding hydrogens is 260 g/mol. The second-order valence-electron chi connectivity index (χ2n) is 4.31. The molecule has 0 heterocycles. The fraction of sp³-hybridized carbons (Fsp3) is 0.333. The number of carboxylic acids is 1. The van der Waals surface area contributed by atoms with Crippen LogP contribution < -0.4 is 5.32 Å². The van der Waals surface area contributed by atoms with E-state index in [1.165, 1.54) is 13.0 Å². The number of amides is 1. The number of carbonyl (C=O) groups excluding carboxylic acids is 1. The molecule has 5 nitrogen and oxygen atoms in total. The Morgan fingerprint density at radius 3 is 2.47 bits per heavy atom. The largest absolute Gasteiger partial charge is 0.479 e. The van der Waals surface area contributed by atoms with Gasteiger partial charge in [-0.1, -0.05) is 6.07 Å². The monoisotopic (exact) mass is 273 g/mol. The Labute approximate surface area is 107 Å². The first-order chi connectivity index (χ1) is 8.66. The predicted molar refractivity (Wildman–Crippen MR) is 61.7 cm³/mol. The van der Waals surface area contributed by atoms with E-state index in [0.29, 0.717) is 0 Å². The summed E-state index contributed by atoms with van der Waals surface area (Å²) in [6, 6.07) is 2.11. The van der Waals surface area contributed by atoms with Gasteiger partial charge >= 0.3 is 5.97 Å². The fourth-order valence-corrected chi connectivity index (χ4v) is 1.28. The van der Waals surface area contributed by atoms with Crippen molar-refractivity contribution >= 4 is 11.9 Å². The first-order valence-electron chi connectivity index (χ1n) is 5.35. The van der Waals surface area contributed by atoms with E-state index in [1.54, 1.807) is 0 Å². The number of hydrogen-bond donors (Lipinski definition) is 3. The van der Waals surface area contributed by atoms with Gasteiger partial charge in [0, 0.05) is 0 Å². The van der Waals surface area contributed by atoms with E-state index in [4.69, 9.17) is 5.11 Å². The molecule has 1 atom stereocenters. The molecule has 1 rings (SSSR count). The van der Waals surface area contributed by atoms with E-state index in [9.17, 15) is 23.5 Å². The van der Waals surface area contributed by atoms with Crippen molar-refractivity contribution in [2.45, 2.75) is 19.4 Å². The molecule has 3 N–H and O–H groups in total. The van der Waals surface area contributed by atoms with Crippen molar-refractivity contribution in [3.8, 4) is 0 Å². The number of rotatable bonds is 4. The van der Waals surface area contributed by atoms with E-state index < -0.39 is 41.2 Å². The summed E-state index contributed by atoms with van der Waals surface area (Å²) < 4.78 is 27.0. The van der Waals surface area contributed by atoms with Gasteiger partial charge < -0.3 is 15.5 Å². The van der Waals surface area contributed by atoms with Crippen molar-refractivity contribution in [2.75, 3.05) is 6.54 Å². The van der Waals surface area contributed by atoms with Crippen LogP contribution in [-0.2, 0) is 4.79 Å². The normalized spacial score (nSPS) is 13.7. The fourth-order valence-electron chi connectivity index (χ4n) is 1.28. The number of benzene rings is 1. The lowest BCUT2D eigenvalue weighted by atomic mass is 10.1. The number of aliphatic hydroxyl groups is 1. The smallest absolute Gasteiger partial charge is 0.337 e. The zero-order valence-electron chi connectivity index (χ0n) is 10.3. The van der Waals surface area contributed by atoms with Crippen molar-refractivity contribution in [3.05, 3.63) is 34.9 Å². The Hall–Kier alpha value is -2.02. The van der Waals surface area contributed by atoms with Crippen molar-refractivity contribution < 1.29 is 28.6 Å². The topological polar surface area (TPSA) is 86.6 Å². The maximum atomic E-state index is 13.6. The third kappa shape index (κ3) is 3.25. The van der Waals surface area contributed by atoms with Gasteiger partial charge in [0.05, 0.1) is 6.54 Å². The van der Waals surface area contributed by atoms with Crippen molar-refractivity contribution in [1.82, 2.24) is 5.32 Å². The third-order valence-electron chi connectivity index (χ3n) is 2.57. The summed E-state index contributed by atoms with van der Waals surface area (Å²) in [6.07, 6.45) is 0. The summed E-state index contributed by atoms with van der Waals surface area (Å²) in [4.78, 5) is 22.2. The summed E-state index contributed by atoms with van der Waals surface area (Å²) in [6.45, 7) is 1.64. The van der Waals surface area contributed by atoms with E-state index in [2.05, 4.69) is 0 Å². The molecule has 0 saturated carbocycles. The van der Waals surface area contributed by atoms with Gasteiger partial charge in [0.1, 0.15) is 17.2 Å². The molecule has 0 aromatic heterocycles. The molecule has 0 bridgehead atoms. The zero-order chi connectivity index (χ0) is 14.8. The number of carbonyl (C=O) groups is 2. The molecule has 0 aliphatic heterocycles. The molecule has 1 amide bonds. The number of carboxylic acid groups (broad SMARTS) is 1. The van der Waals surface area contributed by atoms with Crippen molar-refractivity contribution in [1.29, 1.82) is 0 Å². The van der Waals surface area contributed by atoms with Crippen LogP contribution in [0.25, 0.3) is 0 Å². The molecular formula is C12H13F2NO4. The van der Waals surface area contributed by atoms with Crippen molar-refractivity contribution in [3.63, 3.8) is 0 Å². The van der Waals surface area contributed by atoms with Gasteiger partial charge in [0.25, 0.3) is 5.91 Å². The van der Waals surface area contributed by atoms with Gasteiger partial charge in [0.2, 0.25) is 0 Å². The molecule has 0 spiro atoms. The molecule has 1 unspecified atom stereocenters. The molecule has 104 valence electrons. The van der Waals surface area contributed by atoms with Crippen molar-refractivity contribution in [2.24, 2.45) is 0 Å². The van der Waals surface area contributed by atoms with Crippen LogP contribution in [-0.4, -0.2) is 34.2 Å². The zero-order valence-corrected chi connectivity index (χ0v) is 10.3. The van der Waals surface area contributed by atoms with Crippen LogP contribution in [0.5, 0.6) is 0 Å². The van der Waals surface area contributed by atoms with Gasteiger partial charge in [-0.2, -0.15) is 0 Å². The molecule has 0 fully saturated rings. The molecule has 7 heteroatoms. The highest BCUT2D eigenvalue weighted by atomic mass is 19.1. The molecule has 0 saturated heterocycles. The number of halogens is 2. The van der Waals surface area contributed by atoms with E-state index >= 15 is 0 Å². The van der Waals surface area contributed by atoms with Gasteiger partial charge in [-0.05, 0) is 25.5 Å². The lowest BCUT2D eigenvalue weighted by molar-refractivity contribution is -0.155. The third-order valence-corrected chi connectivity index (χ3v) is 2.57. The van der Waals surface area contributed by atoms with Crippen LogP contribution in [0.15, 0.2) is 12.1 Å². The summed E-state index contributed by atoms with van der Waals surface area (Å²) in [5, 5.41) is 20.0. The highest BCUT2D eigenvalue weighted by Gasteiger charge is 2.31. The maximum absolute atomic E-state index is 13.6. The highest BCUT2D eigenvalue weighted by Crippen LogP contribution is 2.16. The molecule has 0 radical (unpaired) electrons. The molecule has 1 aromatic rings. The van der Waals surface area contributed by atoms with Gasteiger partial charge in [-0.3, -0.25) is 4.79 Å². The molecule has 19 heavy (non-hydrogen) atoms. The molecule has 0 aliphatic rings. The Kier molecular flexibility index (Phi) is 4.21. The first-order valence-corrected chi connectivity index (χ1v) is 5.35. The van der Waals surface area contributed by atoms with Crippen LogP contribution in [0, 0.1) is 18.6 Å². The average molecular weight is 273 g/mol. The Bertz CT molecular complexity index is 529. The predicted octanol–water partition coefficient (Wildman–Crippen LogP) is 0.839. The van der Waals surface area contributed by atoms with E-state index in [1.807, 2.05) is 5.32 Å². The quantitative estimate of drug-likeness (QED) is 0.758. The average Bonchev–Trinajstić information content (AvgIpc) is 2.32. The SMILES string of the molecule is Cc1ccc(F)c(C(=O)NCC(C)(O)C(=O)O)c1F. The minimum atomic E-state index is -2.22. The number of hydrogen-bond acceptors (Lipinski definition) is 3. The van der Waals surface area contributed by atoms with Crippen LogP contribution in [0.4, 0.5) is 8.78 Å². The standard InChI is InChI=1S/C12H13F2NO4/c1-6-3-4-7(13)8(9(6)14)10(16)15-5-12(2,19)11(17)18/h3-4,19H,5H2,1-2H3,(H,15,16)(H,17,18). The highest BCUT2D eigenvalue weighted by molar-refractivity contribution is 5.95. The van der Waals surface area contributed by atoms with Crippen LogP contribution >= 0.6 is 0 Å². The minimum Gasteiger partial charge on any atom is -0.479 e. The Balaban J connectivity index is 2.92. The van der Waals surface area contributed by atoms with Crippen LogP contribution in [0.1, 0.15) is 22.8 Å². The number of aryl methyl sites for hydroxylation is 1. The summed E-state index contributed by atoms with van der Waals surface area (Å²) in [7, 11) is 0. The maximum Gasteiger partial charge on any atom is 0.337 e. The molecule has 0 aliphatic carbocycles. The first kappa shape index (κ1) is 15.0. The van der Waals surface area contributed by atoms with Gasteiger partial charge in [-0.15, -0.1) is 0 Å². The van der Waals surface area contributed by atoms with Gasteiger partial charge in [0.15, 0.2) is 5.60 Å². The van der Waals surface area contributed by atoms with E-state index in [-0.39, 0.29) is 5.56 Å². The second-order valence-corrected chi connectivity index (χ2v) is 4.31. The lowest BCUT2D eigenvalue weighted by Crippen LogP contribution is -2.46. The minimum absolute atomic E-state index is 0.0801. The summed E-state index contributed by atoms with van der Waals surface area (Å²) in [5.41, 5.74) is -2.94. The Morgan fingerprint density at radius 1 is 1.37 bits per heavy atom. The molecule has 1 aromatic carbocycles. The lowest BCUT2D eigenvalue weighted by Gasteiger charge is -2.18. The summed E-state index contributed by atoms with van der Waals surface area (Å²) in [5.74, 6) is -4.76. The summed E-state index contributed by atoms with van der Waals surface area (Å²) >= 11 is 0. The van der Waals surface area contributed by atoms with Gasteiger partial charge in [-0.25, -0.2) is 13.6 Å².